The van der Waals surface area contributed by atoms with Gasteiger partial charge in [0.1, 0.15) is 11.5 Å². The van der Waals surface area contributed by atoms with Crippen molar-refractivity contribution in [3.8, 4) is 11.5 Å². The fourth-order valence-electron chi connectivity index (χ4n) is 1.06. The van der Waals surface area contributed by atoms with Crippen molar-refractivity contribution >= 4 is 0 Å². The molecule has 4 N–H and O–H groups in total. The minimum atomic E-state index is -0.211. The third-order valence-corrected chi connectivity index (χ3v) is 1.85. The molecule has 1 rings (SSSR count). The van der Waals surface area contributed by atoms with Crippen LogP contribution in [0.15, 0.2) is 18.2 Å². The number of phenols is 2. The molecule has 0 radical (unpaired) electrons. The van der Waals surface area contributed by atoms with E-state index in [2.05, 4.69) is 0 Å². The lowest BCUT2D eigenvalue weighted by molar-refractivity contribution is 0.447. The smallest absolute Gasteiger partial charge is 0.120 e. The fourth-order valence-corrected chi connectivity index (χ4v) is 1.06. The summed E-state index contributed by atoms with van der Waals surface area (Å²) in [4.78, 5) is 0. The molecule has 0 spiro atoms. The SMILES string of the molecule is CC[C@@H](N)c1cc(O)ccc1O. The molecule has 0 aromatic heterocycles. The Hall–Kier alpha value is -1.22. The van der Waals surface area contributed by atoms with Crippen LogP contribution in [0.2, 0.25) is 0 Å². The maximum Gasteiger partial charge on any atom is 0.120 e. The first kappa shape index (κ1) is 8.87. The maximum absolute atomic E-state index is 9.35. The van der Waals surface area contributed by atoms with Gasteiger partial charge in [-0.25, -0.2) is 0 Å². The molecule has 66 valence electrons. The first-order valence-corrected chi connectivity index (χ1v) is 3.92. The molecule has 0 saturated carbocycles. The number of rotatable bonds is 2. The Balaban J connectivity index is 3.04. The second kappa shape index (κ2) is 3.45. The van der Waals surface area contributed by atoms with E-state index in [9.17, 15) is 5.11 Å². The number of hydrogen-bond acceptors (Lipinski definition) is 3. The van der Waals surface area contributed by atoms with Gasteiger partial charge in [0.15, 0.2) is 0 Å². The highest BCUT2D eigenvalue weighted by Gasteiger charge is 2.08. The van der Waals surface area contributed by atoms with Crippen molar-refractivity contribution in [2.75, 3.05) is 0 Å². The lowest BCUT2D eigenvalue weighted by Gasteiger charge is -2.10. The maximum atomic E-state index is 9.35. The highest BCUT2D eigenvalue weighted by Crippen LogP contribution is 2.27. The summed E-state index contributed by atoms with van der Waals surface area (Å²) < 4.78 is 0. The van der Waals surface area contributed by atoms with Gasteiger partial charge in [-0.15, -0.1) is 0 Å². The van der Waals surface area contributed by atoms with Gasteiger partial charge in [0, 0.05) is 11.6 Å². The molecule has 0 fully saturated rings. The van der Waals surface area contributed by atoms with Gasteiger partial charge in [0.05, 0.1) is 0 Å². The fraction of sp³-hybridized carbons (Fsp3) is 0.333. The van der Waals surface area contributed by atoms with Gasteiger partial charge in [-0.2, -0.15) is 0 Å². The Morgan fingerprint density at radius 3 is 2.67 bits per heavy atom. The second-order valence-electron chi connectivity index (χ2n) is 2.76. The van der Waals surface area contributed by atoms with E-state index >= 15 is 0 Å². The van der Waals surface area contributed by atoms with Crippen molar-refractivity contribution in [1.82, 2.24) is 0 Å². The van der Waals surface area contributed by atoms with Crippen LogP contribution in [0.3, 0.4) is 0 Å². The number of benzene rings is 1. The van der Waals surface area contributed by atoms with Crippen LogP contribution in [0.1, 0.15) is 24.9 Å². The standard InChI is InChI=1S/C9H13NO2/c1-2-8(10)7-5-6(11)3-4-9(7)12/h3-5,8,11-12H,2,10H2,1H3/t8-/m1/s1. The topological polar surface area (TPSA) is 66.5 Å². The van der Waals surface area contributed by atoms with Gasteiger partial charge in [-0.05, 0) is 24.6 Å². The van der Waals surface area contributed by atoms with Crippen LogP contribution in [0.5, 0.6) is 11.5 Å². The first-order chi connectivity index (χ1) is 5.65. The highest BCUT2D eigenvalue weighted by molar-refractivity contribution is 5.40. The van der Waals surface area contributed by atoms with E-state index in [1.165, 1.54) is 18.2 Å². The van der Waals surface area contributed by atoms with E-state index in [0.717, 1.165) is 6.42 Å². The van der Waals surface area contributed by atoms with Crippen molar-refractivity contribution in [3.63, 3.8) is 0 Å². The summed E-state index contributed by atoms with van der Waals surface area (Å²) in [6.07, 6.45) is 0.733. The Labute approximate surface area is 71.5 Å². The number of hydrogen-bond donors (Lipinski definition) is 3. The van der Waals surface area contributed by atoms with E-state index < -0.39 is 0 Å². The van der Waals surface area contributed by atoms with Crippen LogP contribution in [-0.2, 0) is 0 Å². The van der Waals surface area contributed by atoms with Crippen molar-refractivity contribution in [3.05, 3.63) is 23.8 Å². The van der Waals surface area contributed by atoms with Crippen LogP contribution in [0, 0.1) is 0 Å². The Bertz CT molecular complexity index is 273. The van der Waals surface area contributed by atoms with Crippen LogP contribution < -0.4 is 5.73 Å². The molecule has 1 atom stereocenters. The minimum Gasteiger partial charge on any atom is -0.508 e. The molecule has 3 heteroatoms. The number of nitrogens with two attached hydrogens (primary N) is 1. The zero-order chi connectivity index (χ0) is 9.14. The summed E-state index contributed by atoms with van der Waals surface area (Å²) >= 11 is 0. The average molecular weight is 167 g/mol. The summed E-state index contributed by atoms with van der Waals surface area (Å²) in [7, 11) is 0. The van der Waals surface area contributed by atoms with Gasteiger partial charge in [-0.1, -0.05) is 6.92 Å². The Kier molecular flexibility index (Phi) is 2.55. The number of phenolic OH excluding ortho intramolecular Hbond substituents is 2. The molecule has 0 unspecified atom stereocenters. The summed E-state index contributed by atoms with van der Waals surface area (Å²) in [6, 6.07) is 4.15. The van der Waals surface area contributed by atoms with Crippen LogP contribution in [0.4, 0.5) is 0 Å². The molecule has 0 aliphatic carbocycles. The average Bonchev–Trinajstić information content (AvgIpc) is 2.08. The molecule has 1 aromatic carbocycles. The van der Waals surface area contributed by atoms with Crippen molar-refractivity contribution in [1.29, 1.82) is 0 Å². The van der Waals surface area contributed by atoms with Crippen LogP contribution in [-0.4, -0.2) is 10.2 Å². The normalized spacial score (nSPS) is 12.8. The zero-order valence-electron chi connectivity index (χ0n) is 6.99. The monoisotopic (exact) mass is 167 g/mol. The van der Waals surface area contributed by atoms with Gasteiger partial charge >= 0.3 is 0 Å². The third-order valence-electron chi connectivity index (χ3n) is 1.85. The molecular formula is C9H13NO2. The molecule has 0 aliphatic rings. The molecule has 0 amide bonds. The molecular weight excluding hydrogens is 154 g/mol. The van der Waals surface area contributed by atoms with Gasteiger partial charge < -0.3 is 15.9 Å². The van der Waals surface area contributed by atoms with E-state index in [0.29, 0.717) is 5.56 Å². The first-order valence-electron chi connectivity index (χ1n) is 3.92. The summed E-state index contributed by atoms with van der Waals surface area (Å²) in [5.41, 5.74) is 6.29. The molecule has 3 nitrogen and oxygen atoms in total. The second-order valence-corrected chi connectivity index (χ2v) is 2.76. The van der Waals surface area contributed by atoms with E-state index in [-0.39, 0.29) is 17.5 Å². The Morgan fingerprint density at radius 2 is 2.08 bits per heavy atom. The molecule has 0 bridgehead atoms. The highest BCUT2D eigenvalue weighted by atomic mass is 16.3. The summed E-state index contributed by atoms with van der Waals surface area (Å²) in [5, 5.41) is 18.5. The number of aromatic hydroxyl groups is 2. The molecule has 0 heterocycles. The zero-order valence-corrected chi connectivity index (χ0v) is 6.99. The summed E-state index contributed by atoms with van der Waals surface area (Å²) in [6.45, 7) is 1.92. The molecule has 12 heavy (non-hydrogen) atoms. The quantitative estimate of drug-likeness (QED) is 0.585. The molecule has 0 saturated heterocycles. The summed E-state index contributed by atoms with van der Waals surface area (Å²) in [5.74, 6) is 0.272. The lowest BCUT2D eigenvalue weighted by atomic mass is 10.0. The van der Waals surface area contributed by atoms with E-state index in [1.807, 2.05) is 6.92 Å². The van der Waals surface area contributed by atoms with Gasteiger partial charge in [-0.3, -0.25) is 0 Å². The lowest BCUT2D eigenvalue weighted by Crippen LogP contribution is -2.08. The van der Waals surface area contributed by atoms with Gasteiger partial charge in [0.25, 0.3) is 0 Å². The minimum absolute atomic E-state index is 0.131. The largest absolute Gasteiger partial charge is 0.508 e. The Morgan fingerprint density at radius 1 is 1.42 bits per heavy atom. The van der Waals surface area contributed by atoms with E-state index in [4.69, 9.17) is 10.8 Å². The molecule has 0 aliphatic heterocycles. The van der Waals surface area contributed by atoms with Crippen LogP contribution in [0.25, 0.3) is 0 Å². The van der Waals surface area contributed by atoms with Crippen molar-refractivity contribution in [2.45, 2.75) is 19.4 Å². The third kappa shape index (κ3) is 1.68. The van der Waals surface area contributed by atoms with Crippen molar-refractivity contribution in [2.24, 2.45) is 5.73 Å². The van der Waals surface area contributed by atoms with Gasteiger partial charge in [0.2, 0.25) is 0 Å². The van der Waals surface area contributed by atoms with Crippen LogP contribution >= 0.6 is 0 Å². The predicted octanol–water partition coefficient (Wildman–Crippen LogP) is 1.51. The molecule has 1 aromatic rings. The van der Waals surface area contributed by atoms with E-state index in [1.54, 1.807) is 0 Å². The predicted molar refractivity (Wildman–Crippen MR) is 47.0 cm³/mol. The van der Waals surface area contributed by atoms with Crippen molar-refractivity contribution < 1.29 is 10.2 Å².